The highest BCUT2D eigenvalue weighted by Crippen LogP contribution is 2.33. The third-order valence-electron chi connectivity index (χ3n) is 5.89. The molecule has 2 heterocycles. The highest BCUT2D eigenvalue weighted by atomic mass is 35.5. The van der Waals surface area contributed by atoms with Crippen molar-refractivity contribution in [1.29, 1.82) is 0 Å². The third kappa shape index (κ3) is 5.50. The molecule has 4 aromatic rings. The molecule has 0 spiro atoms. The van der Waals surface area contributed by atoms with Crippen molar-refractivity contribution in [1.82, 2.24) is 0 Å². The van der Waals surface area contributed by atoms with Crippen molar-refractivity contribution >= 4 is 63.9 Å². The minimum Gasteiger partial charge on any atom is -0.478 e. The van der Waals surface area contributed by atoms with Crippen LogP contribution in [0.25, 0.3) is 16.5 Å². The van der Waals surface area contributed by atoms with Crippen LogP contribution in [0.5, 0.6) is 0 Å². The second-order valence-electron chi connectivity index (χ2n) is 8.58. The first-order valence-electron chi connectivity index (χ1n) is 11.6. The number of amides is 2. The molecule has 0 saturated heterocycles. The first-order chi connectivity index (χ1) is 18.7. The Labute approximate surface area is 231 Å². The Morgan fingerprint density at radius 1 is 1.05 bits per heavy atom. The molecule has 0 fully saturated rings. The summed E-state index contributed by atoms with van der Waals surface area (Å²) in [5.41, 5.74) is 2.59. The summed E-state index contributed by atoms with van der Waals surface area (Å²) in [6, 6.07) is 20.4. The predicted molar refractivity (Wildman–Crippen MR) is 151 cm³/mol. The van der Waals surface area contributed by atoms with Gasteiger partial charge in [-0.05, 0) is 79.2 Å². The van der Waals surface area contributed by atoms with Gasteiger partial charge in [-0.2, -0.15) is 10.1 Å². The van der Waals surface area contributed by atoms with Crippen LogP contribution in [0, 0.1) is 5.82 Å². The standard InChI is InChI=1S/C29H19ClFN3O4S/c1-16-23(28(36)34(33-16)21-7-2-4-18(12-21)29(37)38)15-22-9-11-26(39-22)17-8-10-25(30)24(13-17)27(35)32-20-6-3-5-19(31)14-20/h2-15H,1H3,(H,32,35)(H,37,38)/b23-15-. The molecular weight excluding hydrogens is 541 g/mol. The lowest BCUT2D eigenvalue weighted by molar-refractivity contribution is -0.114. The Morgan fingerprint density at radius 2 is 1.85 bits per heavy atom. The Bertz CT molecular complexity index is 1710. The summed E-state index contributed by atoms with van der Waals surface area (Å²) in [7, 11) is 0. The maximum Gasteiger partial charge on any atom is 0.335 e. The minimum absolute atomic E-state index is 0.0560. The number of nitrogens with one attached hydrogen (secondary N) is 1. The zero-order valence-corrected chi connectivity index (χ0v) is 21.9. The summed E-state index contributed by atoms with van der Waals surface area (Å²) in [6.07, 6.45) is 1.73. The van der Waals surface area contributed by atoms with Gasteiger partial charge in [0.1, 0.15) is 5.82 Å². The number of anilines is 2. The number of aromatic carboxylic acids is 1. The first-order valence-corrected chi connectivity index (χ1v) is 12.8. The molecule has 0 saturated carbocycles. The van der Waals surface area contributed by atoms with Gasteiger partial charge in [-0.25, -0.2) is 9.18 Å². The monoisotopic (exact) mass is 559 g/mol. The third-order valence-corrected chi connectivity index (χ3v) is 7.30. The van der Waals surface area contributed by atoms with Gasteiger partial charge in [-0.15, -0.1) is 11.3 Å². The highest BCUT2D eigenvalue weighted by Gasteiger charge is 2.29. The maximum absolute atomic E-state index is 13.5. The Morgan fingerprint density at radius 3 is 2.62 bits per heavy atom. The second kappa shape index (κ2) is 10.6. The molecule has 5 rings (SSSR count). The van der Waals surface area contributed by atoms with Crippen LogP contribution in [0.1, 0.15) is 32.5 Å². The van der Waals surface area contributed by atoms with E-state index < -0.39 is 17.7 Å². The van der Waals surface area contributed by atoms with Gasteiger partial charge in [0.15, 0.2) is 0 Å². The van der Waals surface area contributed by atoms with E-state index in [1.54, 1.807) is 49.4 Å². The van der Waals surface area contributed by atoms with Crippen molar-refractivity contribution in [3.8, 4) is 10.4 Å². The summed E-state index contributed by atoms with van der Waals surface area (Å²) >= 11 is 7.70. The SMILES string of the molecule is CC1=NN(c2cccc(C(=O)O)c2)C(=O)/C1=C\c1ccc(-c2ccc(Cl)c(C(=O)Nc3cccc(F)c3)c2)s1. The summed E-state index contributed by atoms with van der Waals surface area (Å²) in [5, 5.41) is 17.7. The molecule has 194 valence electrons. The molecule has 0 bridgehead atoms. The van der Waals surface area contributed by atoms with Crippen LogP contribution >= 0.6 is 22.9 Å². The number of carboxylic acid groups (broad SMARTS) is 1. The van der Waals surface area contributed by atoms with Gasteiger partial charge >= 0.3 is 5.97 Å². The number of rotatable bonds is 6. The summed E-state index contributed by atoms with van der Waals surface area (Å²) in [6.45, 7) is 1.71. The summed E-state index contributed by atoms with van der Waals surface area (Å²) in [4.78, 5) is 38.9. The van der Waals surface area contributed by atoms with E-state index in [2.05, 4.69) is 10.4 Å². The highest BCUT2D eigenvalue weighted by molar-refractivity contribution is 7.16. The smallest absolute Gasteiger partial charge is 0.335 e. The number of nitrogens with zero attached hydrogens (tertiary/aromatic N) is 2. The lowest BCUT2D eigenvalue weighted by Crippen LogP contribution is -2.21. The molecule has 2 N–H and O–H groups in total. The van der Waals surface area contributed by atoms with Crippen molar-refractivity contribution in [2.75, 3.05) is 10.3 Å². The number of carbonyl (C=O) groups is 3. The van der Waals surface area contributed by atoms with Crippen molar-refractivity contribution in [3.05, 3.63) is 111 Å². The molecule has 0 unspecified atom stereocenters. The lowest BCUT2D eigenvalue weighted by atomic mass is 10.1. The number of halogens is 2. The van der Waals surface area contributed by atoms with Crippen LogP contribution < -0.4 is 10.3 Å². The van der Waals surface area contributed by atoms with Crippen LogP contribution in [0.4, 0.5) is 15.8 Å². The van der Waals surface area contributed by atoms with Gasteiger partial charge < -0.3 is 10.4 Å². The van der Waals surface area contributed by atoms with E-state index >= 15 is 0 Å². The number of hydrogen-bond acceptors (Lipinski definition) is 5. The fourth-order valence-corrected chi connectivity index (χ4v) is 5.13. The van der Waals surface area contributed by atoms with Crippen molar-refractivity contribution < 1.29 is 23.9 Å². The first kappa shape index (κ1) is 26.0. The number of benzene rings is 3. The molecule has 2 amide bonds. The molecule has 1 aliphatic rings. The molecule has 39 heavy (non-hydrogen) atoms. The quantitative estimate of drug-likeness (QED) is 0.249. The molecule has 10 heteroatoms. The second-order valence-corrected chi connectivity index (χ2v) is 10.1. The van der Waals surface area contributed by atoms with Crippen LogP contribution in [0.15, 0.2) is 89.5 Å². The summed E-state index contributed by atoms with van der Waals surface area (Å²) in [5.74, 6) is -2.40. The van der Waals surface area contributed by atoms with Crippen LogP contribution in [0.3, 0.4) is 0 Å². The number of hydrazone groups is 1. The fraction of sp³-hybridized carbons (Fsp3) is 0.0345. The van der Waals surface area contributed by atoms with E-state index in [0.717, 1.165) is 15.3 Å². The zero-order valence-electron chi connectivity index (χ0n) is 20.3. The maximum atomic E-state index is 13.5. The van der Waals surface area contributed by atoms with Gasteiger partial charge in [-0.3, -0.25) is 9.59 Å². The van der Waals surface area contributed by atoms with Crippen molar-refractivity contribution in [2.24, 2.45) is 5.10 Å². The number of thiophene rings is 1. The van der Waals surface area contributed by atoms with Crippen LogP contribution in [-0.4, -0.2) is 28.6 Å². The zero-order chi connectivity index (χ0) is 27.7. The summed E-state index contributed by atoms with van der Waals surface area (Å²) < 4.78 is 13.5. The normalized spacial score (nSPS) is 14.0. The van der Waals surface area contributed by atoms with E-state index in [1.165, 1.54) is 46.7 Å². The molecule has 1 aliphatic heterocycles. The van der Waals surface area contributed by atoms with Crippen molar-refractivity contribution in [2.45, 2.75) is 6.92 Å². The van der Waals surface area contributed by atoms with Gasteiger partial charge in [0.25, 0.3) is 11.8 Å². The van der Waals surface area contributed by atoms with E-state index in [0.29, 0.717) is 22.7 Å². The molecule has 3 aromatic carbocycles. The average Bonchev–Trinajstić information content (AvgIpc) is 3.49. The lowest BCUT2D eigenvalue weighted by Gasteiger charge is -2.12. The largest absolute Gasteiger partial charge is 0.478 e. The van der Waals surface area contributed by atoms with Crippen LogP contribution in [0.2, 0.25) is 5.02 Å². The van der Waals surface area contributed by atoms with Gasteiger partial charge in [0.05, 0.1) is 33.1 Å². The van der Waals surface area contributed by atoms with Gasteiger partial charge in [0.2, 0.25) is 0 Å². The minimum atomic E-state index is -1.09. The predicted octanol–water partition coefficient (Wildman–Crippen LogP) is 6.96. The van der Waals surface area contributed by atoms with Crippen molar-refractivity contribution in [3.63, 3.8) is 0 Å². The van der Waals surface area contributed by atoms with E-state index in [-0.39, 0.29) is 22.1 Å². The molecular formula is C29H19ClFN3O4S. The van der Waals surface area contributed by atoms with E-state index in [9.17, 15) is 23.9 Å². The number of hydrogen-bond donors (Lipinski definition) is 2. The van der Waals surface area contributed by atoms with Crippen LogP contribution in [-0.2, 0) is 4.79 Å². The Hall–Kier alpha value is -4.60. The molecule has 0 atom stereocenters. The number of carboxylic acids is 1. The molecule has 0 radical (unpaired) electrons. The van der Waals surface area contributed by atoms with Gasteiger partial charge in [-0.1, -0.05) is 29.8 Å². The topological polar surface area (TPSA) is 99.1 Å². The molecule has 1 aromatic heterocycles. The Kier molecular flexibility index (Phi) is 7.10. The molecule has 7 nitrogen and oxygen atoms in total. The molecule has 0 aliphatic carbocycles. The average molecular weight is 560 g/mol. The fourth-order valence-electron chi connectivity index (χ4n) is 3.98. The van der Waals surface area contributed by atoms with Gasteiger partial charge in [0, 0.05) is 15.4 Å². The number of carbonyl (C=O) groups excluding carboxylic acids is 2. The van der Waals surface area contributed by atoms with E-state index in [1.807, 2.05) is 12.1 Å². The Balaban J connectivity index is 1.38. The van der Waals surface area contributed by atoms with E-state index in [4.69, 9.17) is 11.6 Å².